The van der Waals surface area contributed by atoms with E-state index in [1.54, 1.807) is 12.0 Å². The van der Waals surface area contributed by atoms with Gasteiger partial charge in [-0.2, -0.15) is 9.36 Å². The monoisotopic (exact) mass is 382 g/mol. The van der Waals surface area contributed by atoms with E-state index in [4.69, 9.17) is 14.9 Å². The molecule has 1 aromatic heterocycles. The second-order valence-corrected chi connectivity index (χ2v) is 6.97. The third kappa shape index (κ3) is 4.43. The third-order valence-electron chi connectivity index (χ3n) is 4.21. The standard InChI is InChI=1S/C20H22N4O2S/c1-13-9-18(14(2)8-17(13)24(3)12-21)26-20-22-19(23-27-20)11-15-6-5-7-16(10-15)25-4/h5-10,12,21H,11H2,1-4H3. The topological polar surface area (TPSA) is 71.3 Å². The van der Waals surface area contributed by atoms with Crippen molar-refractivity contribution < 1.29 is 9.47 Å². The van der Waals surface area contributed by atoms with E-state index in [2.05, 4.69) is 9.36 Å². The summed E-state index contributed by atoms with van der Waals surface area (Å²) in [5.41, 5.74) is 4.08. The van der Waals surface area contributed by atoms with Crippen LogP contribution in [-0.4, -0.2) is 29.9 Å². The van der Waals surface area contributed by atoms with Crippen molar-refractivity contribution in [2.45, 2.75) is 20.3 Å². The molecule has 0 unspecified atom stereocenters. The van der Waals surface area contributed by atoms with Crippen LogP contribution < -0.4 is 14.4 Å². The summed E-state index contributed by atoms with van der Waals surface area (Å²) in [4.78, 5) is 6.27. The highest BCUT2D eigenvalue weighted by Gasteiger charge is 2.12. The second kappa shape index (κ2) is 8.18. The molecule has 2 aromatic carbocycles. The van der Waals surface area contributed by atoms with Gasteiger partial charge in [-0.05, 0) is 54.8 Å². The number of hydrogen-bond donors (Lipinski definition) is 1. The zero-order valence-electron chi connectivity index (χ0n) is 15.8. The number of nitrogens with zero attached hydrogens (tertiary/aromatic N) is 3. The first-order chi connectivity index (χ1) is 13.0. The lowest BCUT2D eigenvalue weighted by Crippen LogP contribution is -2.14. The Morgan fingerprint density at radius 2 is 2.00 bits per heavy atom. The molecule has 27 heavy (non-hydrogen) atoms. The highest BCUT2D eigenvalue weighted by atomic mass is 32.1. The molecule has 0 atom stereocenters. The van der Waals surface area contributed by atoms with Gasteiger partial charge in [0.1, 0.15) is 11.5 Å². The van der Waals surface area contributed by atoms with E-state index < -0.39 is 0 Å². The predicted octanol–water partition coefficient (Wildman–Crippen LogP) is 4.59. The Morgan fingerprint density at radius 1 is 1.19 bits per heavy atom. The van der Waals surface area contributed by atoms with Crippen LogP contribution in [0, 0.1) is 19.3 Å². The largest absolute Gasteiger partial charge is 0.497 e. The lowest BCUT2D eigenvalue weighted by atomic mass is 10.1. The first kappa shape index (κ1) is 18.8. The number of aromatic nitrogens is 2. The Morgan fingerprint density at radius 3 is 2.74 bits per heavy atom. The predicted molar refractivity (Wildman–Crippen MR) is 109 cm³/mol. The molecular formula is C20H22N4O2S. The molecule has 3 aromatic rings. The summed E-state index contributed by atoms with van der Waals surface area (Å²) in [6.45, 7) is 3.98. The zero-order valence-corrected chi connectivity index (χ0v) is 16.6. The van der Waals surface area contributed by atoms with E-state index in [0.29, 0.717) is 11.6 Å². The molecule has 3 rings (SSSR count). The Hall–Kier alpha value is -2.93. The number of ether oxygens (including phenoxy) is 2. The van der Waals surface area contributed by atoms with Gasteiger partial charge in [0.2, 0.25) is 0 Å². The Balaban J connectivity index is 1.75. The summed E-state index contributed by atoms with van der Waals surface area (Å²) in [5.74, 6) is 2.29. The molecule has 0 aliphatic rings. The van der Waals surface area contributed by atoms with Gasteiger partial charge in [-0.1, -0.05) is 12.1 Å². The SMILES string of the molecule is COc1cccc(Cc2nsc(Oc3cc(C)c(N(C)C=N)cc3C)n2)c1. The lowest BCUT2D eigenvalue weighted by Gasteiger charge is -2.17. The molecule has 0 bridgehead atoms. The van der Waals surface area contributed by atoms with E-state index >= 15 is 0 Å². The average Bonchev–Trinajstić information content (AvgIpc) is 3.10. The fraction of sp³-hybridized carbons (Fsp3) is 0.250. The van der Waals surface area contributed by atoms with Crippen LogP contribution in [0.5, 0.6) is 16.7 Å². The number of anilines is 1. The summed E-state index contributed by atoms with van der Waals surface area (Å²) < 4.78 is 15.6. The minimum atomic E-state index is 0.517. The van der Waals surface area contributed by atoms with Gasteiger partial charge >= 0.3 is 0 Å². The van der Waals surface area contributed by atoms with E-state index in [9.17, 15) is 0 Å². The number of hydrogen-bond acceptors (Lipinski definition) is 6. The molecule has 140 valence electrons. The molecular weight excluding hydrogens is 360 g/mol. The minimum Gasteiger partial charge on any atom is -0.497 e. The number of nitrogens with one attached hydrogen (secondary N) is 1. The quantitative estimate of drug-likeness (QED) is 0.478. The molecule has 0 radical (unpaired) electrons. The summed E-state index contributed by atoms with van der Waals surface area (Å²) >= 11 is 1.24. The molecule has 7 heteroatoms. The second-order valence-electron chi connectivity index (χ2n) is 6.25. The number of benzene rings is 2. The van der Waals surface area contributed by atoms with Gasteiger partial charge in [0.25, 0.3) is 5.19 Å². The highest BCUT2D eigenvalue weighted by Crippen LogP contribution is 2.32. The fourth-order valence-electron chi connectivity index (χ4n) is 2.74. The third-order valence-corrected chi connectivity index (χ3v) is 4.84. The molecule has 0 saturated heterocycles. The summed E-state index contributed by atoms with van der Waals surface area (Å²) in [6, 6.07) is 11.8. The van der Waals surface area contributed by atoms with E-state index in [0.717, 1.165) is 39.7 Å². The van der Waals surface area contributed by atoms with Gasteiger partial charge in [0.05, 0.1) is 13.4 Å². The zero-order chi connectivity index (χ0) is 19.4. The van der Waals surface area contributed by atoms with E-state index in [1.807, 2.05) is 57.3 Å². The number of aryl methyl sites for hydroxylation is 2. The number of rotatable bonds is 7. The van der Waals surface area contributed by atoms with Crippen molar-refractivity contribution in [1.82, 2.24) is 9.36 Å². The van der Waals surface area contributed by atoms with Crippen LogP contribution in [0.25, 0.3) is 0 Å². The van der Waals surface area contributed by atoms with E-state index in [1.165, 1.54) is 17.9 Å². The minimum absolute atomic E-state index is 0.517. The number of methoxy groups -OCH3 is 1. The van der Waals surface area contributed by atoms with Crippen molar-refractivity contribution in [2.75, 3.05) is 19.1 Å². The van der Waals surface area contributed by atoms with Crippen LogP contribution in [0.15, 0.2) is 36.4 Å². The van der Waals surface area contributed by atoms with Crippen molar-refractivity contribution >= 4 is 23.6 Å². The van der Waals surface area contributed by atoms with Crippen molar-refractivity contribution in [3.8, 4) is 16.7 Å². The molecule has 0 aliphatic carbocycles. The van der Waals surface area contributed by atoms with Crippen molar-refractivity contribution in [3.05, 3.63) is 58.9 Å². The maximum absolute atomic E-state index is 7.41. The Bertz CT molecular complexity index is 955. The normalized spacial score (nSPS) is 10.5. The van der Waals surface area contributed by atoms with Gasteiger partial charge in [0, 0.05) is 30.7 Å². The van der Waals surface area contributed by atoms with Crippen molar-refractivity contribution in [3.63, 3.8) is 0 Å². The van der Waals surface area contributed by atoms with Crippen LogP contribution >= 0.6 is 11.5 Å². The summed E-state index contributed by atoms with van der Waals surface area (Å²) in [6.07, 6.45) is 1.91. The van der Waals surface area contributed by atoms with Crippen molar-refractivity contribution in [2.24, 2.45) is 0 Å². The van der Waals surface area contributed by atoms with Crippen LogP contribution in [-0.2, 0) is 6.42 Å². The first-order valence-electron chi connectivity index (χ1n) is 8.48. The van der Waals surface area contributed by atoms with Gasteiger partial charge in [-0.25, -0.2) is 0 Å². The van der Waals surface area contributed by atoms with Gasteiger partial charge in [-0.15, -0.1) is 0 Å². The maximum Gasteiger partial charge on any atom is 0.298 e. The maximum atomic E-state index is 7.41. The van der Waals surface area contributed by atoms with Crippen molar-refractivity contribution in [1.29, 1.82) is 5.41 Å². The average molecular weight is 382 g/mol. The summed E-state index contributed by atoms with van der Waals surface area (Å²) in [7, 11) is 3.51. The Labute approximate surface area is 163 Å². The molecule has 0 aliphatic heterocycles. The summed E-state index contributed by atoms with van der Waals surface area (Å²) in [5, 5.41) is 7.93. The smallest absolute Gasteiger partial charge is 0.298 e. The van der Waals surface area contributed by atoms with Crippen LogP contribution in [0.3, 0.4) is 0 Å². The molecule has 0 spiro atoms. The Kier molecular flexibility index (Phi) is 5.71. The fourth-order valence-corrected chi connectivity index (χ4v) is 3.31. The van der Waals surface area contributed by atoms with E-state index in [-0.39, 0.29) is 0 Å². The van der Waals surface area contributed by atoms with Gasteiger partial charge in [-0.3, -0.25) is 5.41 Å². The van der Waals surface area contributed by atoms with Crippen LogP contribution in [0.2, 0.25) is 0 Å². The molecule has 0 fully saturated rings. The molecule has 1 N–H and O–H groups in total. The molecule has 0 amide bonds. The molecule has 6 nitrogen and oxygen atoms in total. The van der Waals surface area contributed by atoms with Gasteiger partial charge in [0.15, 0.2) is 5.82 Å². The van der Waals surface area contributed by atoms with Crippen LogP contribution in [0.4, 0.5) is 5.69 Å². The van der Waals surface area contributed by atoms with Gasteiger partial charge < -0.3 is 14.4 Å². The molecule has 1 heterocycles. The lowest BCUT2D eigenvalue weighted by molar-refractivity contribution is 0.414. The van der Waals surface area contributed by atoms with Crippen LogP contribution in [0.1, 0.15) is 22.5 Å². The molecule has 0 saturated carbocycles. The first-order valence-corrected chi connectivity index (χ1v) is 9.25. The highest BCUT2D eigenvalue weighted by molar-refractivity contribution is 7.07.